The number of hydrogen-bond acceptors (Lipinski definition) is 8. The number of guanidine groups is 1. The number of carbonyl (C=O) groups is 7. The number of nitrogens with one attached hydrogen (secondary N) is 5. The molecule has 3 aromatic rings. The molecular formula is C46H61N11O7. The van der Waals surface area contributed by atoms with Gasteiger partial charge in [0, 0.05) is 56.1 Å². The second-order valence-corrected chi connectivity index (χ2v) is 17.7. The number of aromatic amines is 1. The minimum absolute atomic E-state index is 0.0200. The minimum Gasteiger partial charge on any atom is -0.370 e. The number of benzene rings is 2. The van der Waals surface area contributed by atoms with Crippen molar-refractivity contribution in [2.45, 2.75) is 120 Å². The molecule has 0 saturated carbocycles. The summed E-state index contributed by atoms with van der Waals surface area (Å²) >= 11 is 0. The Hall–Kier alpha value is -6.46. The van der Waals surface area contributed by atoms with Gasteiger partial charge in [0.1, 0.15) is 42.3 Å². The molecule has 0 spiro atoms. The Labute approximate surface area is 372 Å². The minimum atomic E-state index is -1.24. The molecular weight excluding hydrogens is 819 g/mol. The molecule has 5 heterocycles. The van der Waals surface area contributed by atoms with Crippen molar-refractivity contribution in [2.24, 2.45) is 22.4 Å². The summed E-state index contributed by atoms with van der Waals surface area (Å²) in [6.07, 6.45) is 4.94. The molecule has 4 aliphatic heterocycles. The third-order valence-corrected chi connectivity index (χ3v) is 12.9. The van der Waals surface area contributed by atoms with Crippen LogP contribution in [0.2, 0.25) is 0 Å². The van der Waals surface area contributed by atoms with E-state index in [0.717, 1.165) is 22.0 Å². The topological polar surface area (TPSA) is 258 Å². The molecule has 0 unspecified atom stereocenters. The third-order valence-electron chi connectivity index (χ3n) is 12.9. The van der Waals surface area contributed by atoms with E-state index in [1.54, 1.807) is 6.20 Å². The molecule has 1 aromatic heterocycles. The lowest BCUT2D eigenvalue weighted by Gasteiger charge is -2.34. The molecule has 7 rings (SSSR count). The van der Waals surface area contributed by atoms with Crippen LogP contribution < -0.4 is 32.7 Å². The van der Waals surface area contributed by atoms with E-state index in [0.29, 0.717) is 51.5 Å². The van der Waals surface area contributed by atoms with Crippen LogP contribution in [0.3, 0.4) is 0 Å². The first-order valence-electron chi connectivity index (χ1n) is 22.6. The van der Waals surface area contributed by atoms with Gasteiger partial charge in [0.2, 0.25) is 41.4 Å². The van der Waals surface area contributed by atoms with Gasteiger partial charge < -0.3 is 52.4 Å². The van der Waals surface area contributed by atoms with E-state index in [4.69, 9.17) is 11.5 Å². The van der Waals surface area contributed by atoms with Crippen LogP contribution in [0.5, 0.6) is 0 Å². The zero-order chi connectivity index (χ0) is 45.5. The van der Waals surface area contributed by atoms with Crippen molar-refractivity contribution in [3.8, 4) is 0 Å². The van der Waals surface area contributed by atoms with Crippen molar-refractivity contribution in [2.75, 3.05) is 26.2 Å². The summed E-state index contributed by atoms with van der Waals surface area (Å²) < 4.78 is 0. The van der Waals surface area contributed by atoms with Gasteiger partial charge in [0.05, 0.1) is 0 Å². The van der Waals surface area contributed by atoms with Crippen molar-refractivity contribution in [1.82, 2.24) is 41.0 Å². The number of H-pyrrole nitrogens is 1. The maximum Gasteiger partial charge on any atom is 0.246 e. The number of nitrogens with two attached hydrogens (primary N) is 2. The molecule has 0 aliphatic carbocycles. The number of nitrogens with zero attached hydrogens (tertiary/aromatic N) is 4. The molecule has 2 aromatic carbocycles. The number of aliphatic imine (C=N–C) groups is 1. The lowest BCUT2D eigenvalue weighted by atomic mass is 10.0. The van der Waals surface area contributed by atoms with Crippen molar-refractivity contribution in [3.63, 3.8) is 0 Å². The van der Waals surface area contributed by atoms with Crippen molar-refractivity contribution in [1.29, 1.82) is 0 Å². The highest BCUT2D eigenvalue weighted by atomic mass is 16.2. The normalized spacial score (nSPS) is 26.5. The lowest BCUT2D eigenvalue weighted by Crippen LogP contribution is -2.60. The van der Waals surface area contributed by atoms with Gasteiger partial charge in [0.15, 0.2) is 5.96 Å². The van der Waals surface area contributed by atoms with E-state index < -0.39 is 77.7 Å². The highest BCUT2D eigenvalue weighted by molar-refractivity contribution is 5.99. The Morgan fingerprint density at radius 2 is 1.19 bits per heavy atom. The molecule has 342 valence electrons. The van der Waals surface area contributed by atoms with E-state index in [-0.39, 0.29) is 56.7 Å². The average molecular weight is 880 g/mol. The van der Waals surface area contributed by atoms with E-state index in [1.165, 1.54) is 14.7 Å². The molecule has 0 radical (unpaired) electrons. The number of para-hydroxylation sites is 1. The smallest absolute Gasteiger partial charge is 0.246 e. The summed E-state index contributed by atoms with van der Waals surface area (Å²) in [5.41, 5.74) is 13.5. The Morgan fingerprint density at radius 1 is 0.641 bits per heavy atom. The maximum absolute atomic E-state index is 14.8. The number of aromatic nitrogens is 1. The first kappa shape index (κ1) is 45.6. The number of hydrogen-bond donors (Lipinski definition) is 7. The van der Waals surface area contributed by atoms with Crippen LogP contribution in [0.15, 0.2) is 65.8 Å². The van der Waals surface area contributed by atoms with E-state index in [2.05, 4.69) is 31.2 Å². The summed E-state index contributed by atoms with van der Waals surface area (Å²) in [5, 5.41) is 12.6. The predicted molar refractivity (Wildman–Crippen MR) is 239 cm³/mol. The summed E-state index contributed by atoms with van der Waals surface area (Å²) in [4.78, 5) is 113. The first-order valence-corrected chi connectivity index (χ1v) is 22.6. The molecule has 4 saturated heterocycles. The van der Waals surface area contributed by atoms with Crippen LogP contribution in [0.25, 0.3) is 10.9 Å². The monoisotopic (exact) mass is 879 g/mol. The molecule has 0 bridgehead atoms. The molecule has 4 aliphatic rings. The van der Waals surface area contributed by atoms with Crippen LogP contribution in [-0.4, -0.2) is 135 Å². The number of rotatable bonds is 9. The number of fused-ring (bicyclic) bond motifs is 4. The van der Waals surface area contributed by atoms with Crippen LogP contribution in [0.4, 0.5) is 0 Å². The van der Waals surface area contributed by atoms with E-state index >= 15 is 0 Å². The van der Waals surface area contributed by atoms with E-state index in [9.17, 15) is 33.6 Å². The van der Waals surface area contributed by atoms with Crippen molar-refractivity contribution in [3.05, 3.63) is 71.9 Å². The fourth-order valence-corrected chi connectivity index (χ4v) is 9.59. The standard InChI is InChI=1S/C46H61N11O7/c1-27(2)38-45(64)56-22-10-17-35(56)41(60)53-33(24-28-12-4-3-5-13-28)39(58)52-34(25-29-26-50-31-15-7-6-14-30(29)31)40(59)51-32(16-8-20-49-46(47)48)43(62)57-23-11-19-37(57)44(63)55-21-9-18-36(55)42(61)54-38/h3-7,12-15,26-27,32-38,50H,8-11,16-25H2,1-2H3,(H,51,59)(H,52,58)(H,53,60)(H,54,61)(H4,47,48,49)/t32-,33-,34-,35-,36-,37-,38-/m0/s1. The maximum atomic E-state index is 14.8. The van der Waals surface area contributed by atoms with Crippen molar-refractivity contribution >= 4 is 58.2 Å². The van der Waals surface area contributed by atoms with Crippen LogP contribution in [-0.2, 0) is 46.4 Å². The lowest BCUT2D eigenvalue weighted by molar-refractivity contribution is -0.148. The van der Waals surface area contributed by atoms with Gasteiger partial charge in [0.25, 0.3) is 0 Å². The molecule has 4 fully saturated rings. The highest BCUT2D eigenvalue weighted by Gasteiger charge is 2.46. The summed E-state index contributed by atoms with van der Waals surface area (Å²) in [6, 6.07) is 9.44. The Kier molecular flexibility index (Phi) is 14.5. The van der Waals surface area contributed by atoms with Crippen LogP contribution in [0.1, 0.15) is 76.3 Å². The second-order valence-electron chi connectivity index (χ2n) is 17.7. The van der Waals surface area contributed by atoms with Gasteiger partial charge >= 0.3 is 0 Å². The predicted octanol–water partition coefficient (Wildman–Crippen LogP) is 0.589. The van der Waals surface area contributed by atoms with Gasteiger partial charge in [-0.25, -0.2) is 0 Å². The largest absolute Gasteiger partial charge is 0.370 e. The second kappa shape index (κ2) is 20.4. The fraction of sp³-hybridized carbons (Fsp3) is 0.522. The van der Waals surface area contributed by atoms with Gasteiger partial charge in [-0.2, -0.15) is 0 Å². The zero-order valence-corrected chi connectivity index (χ0v) is 36.6. The molecule has 7 atom stereocenters. The molecule has 64 heavy (non-hydrogen) atoms. The molecule has 9 N–H and O–H groups in total. The van der Waals surface area contributed by atoms with Gasteiger partial charge in [-0.15, -0.1) is 0 Å². The van der Waals surface area contributed by atoms with E-state index in [1.807, 2.05) is 68.4 Å². The zero-order valence-electron chi connectivity index (χ0n) is 36.6. The molecule has 7 amide bonds. The van der Waals surface area contributed by atoms with Crippen LogP contribution in [0, 0.1) is 5.92 Å². The van der Waals surface area contributed by atoms with Gasteiger partial charge in [-0.05, 0) is 74.5 Å². The quantitative estimate of drug-likeness (QED) is 0.0901. The summed E-state index contributed by atoms with van der Waals surface area (Å²) in [6.45, 7) is 4.60. The SMILES string of the molecule is CC(C)[C@@H]1NC(=O)[C@@H]2CCCN2C(=O)[C@@H]2CCCN2C(=O)[C@H](CCCN=C(N)N)NC(=O)[C@H](Cc2c[nH]c3ccccc23)NC(=O)[C@H](Cc2ccccc2)NC(=O)[C@@H]2CCCN2C1=O. The van der Waals surface area contributed by atoms with Crippen LogP contribution >= 0.6 is 0 Å². The highest BCUT2D eigenvalue weighted by Crippen LogP contribution is 2.28. The number of carbonyl (C=O) groups excluding carboxylic acids is 7. The van der Waals surface area contributed by atoms with Gasteiger partial charge in [-0.3, -0.25) is 38.6 Å². The summed E-state index contributed by atoms with van der Waals surface area (Å²) in [7, 11) is 0. The third kappa shape index (κ3) is 10.3. The Morgan fingerprint density at radius 3 is 1.84 bits per heavy atom. The Balaban J connectivity index is 1.28. The molecule has 18 heteroatoms. The van der Waals surface area contributed by atoms with Gasteiger partial charge in [-0.1, -0.05) is 62.4 Å². The average Bonchev–Trinajstić information content (AvgIpc) is 4.13. The number of amides is 7. The summed E-state index contributed by atoms with van der Waals surface area (Å²) in [5.74, 6) is -4.11. The fourth-order valence-electron chi connectivity index (χ4n) is 9.59. The van der Waals surface area contributed by atoms with Crippen molar-refractivity contribution < 1.29 is 33.6 Å². The first-order chi connectivity index (χ1) is 30.8. The molecule has 18 nitrogen and oxygen atoms in total. The Bertz CT molecular complexity index is 2240.